The molecule has 0 atom stereocenters. The predicted molar refractivity (Wildman–Crippen MR) is 415 cm³/mol. The molecule has 4 heteroatoms. The van der Waals surface area contributed by atoms with Gasteiger partial charge in [-0.3, -0.25) is 0 Å². The Balaban J connectivity index is 1.15. The Morgan fingerprint density at radius 3 is 1.14 bits per heavy atom. The summed E-state index contributed by atoms with van der Waals surface area (Å²) in [5.41, 5.74) is 31.9. The largest absolute Gasteiger partial charge is 0.310 e. The first-order valence-corrected chi connectivity index (χ1v) is 34.6. The highest BCUT2D eigenvalue weighted by molar-refractivity contribution is 7.00. The van der Waals surface area contributed by atoms with Gasteiger partial charge in [0.1, 0.15) is 0 Å². The number of anilines is 6. The second-order valence-corrected chi connectivity index (χ2v) is 32.3. The number of hydrogen-bond acceptors (Lipinski definition) is 2. The van der Waals surface area contributed by atoms with Gasteiger partial charge in [0.25, 0.3) is 6.71 Å². The van der Waals surface area contributed by atoms with E-state index in [0.717, 1.165) is 22.6 Å². The van der Waals surface area contributed by atoms with Gasteiger partial charge >= 0.3 is 0 Å². The van der Waals surface area contributed by atoms with Crippen molar-refractivity contribution in [3.63, 3.8) is 0 Å². The van der Waals surface area contributed by atoms with Gasteiger partial charge < -0.3 is 14.4 Å². The van der Waals surface area contributed by atoms with Crippen LogP contribution >= 0.6 is 0 Å². The third-order valence-corrected chi connectivity index (χ3v) is 20.5. The maximum absolute atomic E-state index is 2.76. The minimum absolute atomic E-state index is 0.0421. The number of hydrogen-bond donors (Lipinski definition) is 0. The Bertz CT molecular complexity index is 5130. The molecule has 0 aliphatic carbocycles. The lowest BCUT2D eigenvalue weighted by Crippen LogP contribution is -2.61. The molecule has 2 aliphatic heterocycles. The van der Waals surface area contributed by atoms with E-state index in [0.29, 0.717) is 0 Å². The molecule has 3 nitrogen and oxygen atoms in total. The molecule has 474 valence electrons. The summed E-state index contributed by atoms with van der Waals surface area (Å²) in [7, 11) is 0. The summed E-state index contributed by atoms with van der Waals surface area (Å²) < 4.78 is 2.50. The lowest BCUT2D eigenvalue weighted by atomic mass is 9.33. The van der Waals surface area contributed by atoms with Gasteiger partial charge in [-0.1, -0.05) is 304 Å². The van der Waals surface area contributed by atoms with Crippen molar-refractivity contribution in [1.82, 2.24) is 4.57 Å². The zero-order chi connectivity index (χ0) is 67.0. The van der Waals surface area contributed by atoms with E-state index in [2.05, 4.69) is 379 Å². The first-order valence-electron chi connectivity index (χ1n) is 34.6. The predicted octanol–water partition coefficient (Wildman–Crippen LogP) is 23.7. The zero-order valence-electron chi connectivity index (χ0n) is 58.7. The van der Waals surface area contributed by atoms with Crippen LogP contribution in [0.3, 0.4) is 0 Å². The molecule has 13 aromatic rings. The van der Waals surface area contributed by atoms with E-state index < -0.39 is 0 Å². The first kappa shape index (κ1) is 62.2. The second-order valence-electron chi connectivity index (χ2n) is 32.3. The van der Waals surface area contributed by atoms with Gasteiger partial charge in [0.2, 0.25) is 0 Å². The molecular formula is C92H88BN3. The van der Waals surface area contributed by atoms with Crippen LogP contribution < -0.4 is 26.2 Å². The summed E-state index contributed by atoms with van der Waals surface area (Å²) in [5.74, 6) is 0. The summed E-state index contributed by atoms with van der Waals surface area (Å²) in [6, 6.07) is 101. The minimum atomic E-state index is -0.302. The van der Waals surface area contributed by atoms with E-state index in [1.807, 2.05) is 0 Å². The second kappa shape index (κ2) is 22.9. The van der Waals surface area contributed by atoms with Crippen molar-refractivity contribution in [2.75, 3.05) is 9.80 Å². The smallest absolute Gasteiger partial charge is 0.252 e. The average molecular weight is 1250 g/mol. The molecule has 3 heterocycles. The number of para-hydroxylation sites is 2. The number of aromatic nitrogens is 1. The maximum Gasteiger partial charge on any atom is 0.252 e. The SMILES string of the molecule is CC(C)(C)c1cccc(-c2ccc3c(c2)N(c2c(-c4ccccc4)cc(C(C)(C)C)cc2-c2ccccc2)c2cc(C(C)(C)C)cc4c2B3c2ccc(-c3cccc(C(C)(C)C)c3)cc2N4c2c(-c3cccc(C(C)(C)C)c3)ccc3c2c2ccccc2n3-c2ccccc2)c1. The van der Waals surface area contributed by atoms with Crippen LogP contribution in [0.25, 0.3) is 83.1 Å². The number of fused-ring (bicyclic) bond motifs is 7. The Kier molecular flexibility index (Phi) is 14.9. The first-order chi connectivity index (χ1) is 45.8. The van der Waals surface area contributed by atoms with Crippen LogP contribution in [-0.4, -0.2) is 11.3 Å². The maximum atomic E-state index is 2.76. The fourth-order valence-corrected chi connectivity index (χ4v) is 15.1. The van der Waals surface area contributed by atoms with Crippen molar-refractivity contribution >= 4 is 79.0 Å². The zero-order valence-corrected chi connectivity index (χ0v) is 58.7. The van der Waals surface area contributed by atoms with E-state index >= 15 is 0 Å². The van der Waals surface area contributed by atoms with Gasteiger partial charge in [-0.15, -0.1) is 0 Å². The van der Waals surface area contributed by atoms with E-state index in [4.69, 9.17) is 0 Å². The monoisotopic (exact) mass is 1250 g/mol. The van der Waals surface area contributed by atoms with Crippen molar-refractivity contribution in [3.05, 3.63) is 289 Å². The molecule has 0 unspecified atom stereocenters. The third-order valence-electron chi connectivity index (χ3n) is 20.5. The third kappa shape index (κ3) is 10.8. The van der Waals surface area contributed by atoms with Gasteiger partial charge in [0.15, 0.2) is 0 Å². The van der Waals surface area contributed by atoms with Gasteiger partial charge in [-0.05, 0) is 171 Å². The standard InChI is InChI=1S/C92H88BN3/c1-88(2,3)66-37-27-34-61(50-66)63-44-47-76-80(53-63)95(86-74(59-30-19-16-20-31-59)55-69(91(10,11)12)56-75(86)60-32-21-17-22-33-60)82-57-70(92(13,14)15)58-83-85(82)93(76)77-48-45-64(62-35-28-38-67(51-62)89(4,5)6)54-81(77)96(83)87-72(65-36-29-39-68(52-65)90(7,8)9)46-49-79-84(87)73-42-25-26-43-78(73)94(79)71-40-23-18-24-41-71/h16-58H,1-15H3. The van der Waals surface area contributed by atoms with Crippen molar-refractivity contribution in [2.24, 2.45) is 0 Å². The molecule has 0 saturated carbocycles. The molecule has 2 aliphatic rings. The lowest BCUT2D eigenvalue weighted by molar-refractivity contribution is 0.590. The summed E-state index contributed by atoms with van der Waals surface area (Å²) >= 11 is 0. The van der Waals surface area contributed by atoms with Crippen LogP contribution in [0.15, 0.2) is 261 Å². The molecule has 12 aromatic carbocycles. The summed E-state index contributed by atoms with van der Waals surface area (Å²) in [6.07, 6.45) is 0. The normalized spacial score (nSPS) is 13.3. The molecule has 0 radical (unpaired) electrons. The Morgan fingerprint density at radius 2 is 0.656 bits per heavy atom. The van der Waals surface area contributed by atoms with E-state index in [-0.39, 0.29) is 33.8 Å². The van der Waals surface area contributed by atoms with Crippen LogP contribution in [0.1, 0.15) is 132 Å². The average Bonchev–Trinajstić information content (AvgIpc) is 0.897. The Hall–Kier alpha value is -9.90. The van der Waals surface area contributed by atoms with Crippen LogP contribution in [-0.2, 0) is 27.1 Å². The molecule has 15 rings (SSSR count). The molecule has 0 saturated heterocycles. The molecule has 0 bridgehead atoms. The number of nitrogens with zero attached hydrogens (tertiary/aromatic N) is 3. The van der Waals surface area contributed by atoms with Crippen LogP contribution in [0.2, 0.25) is 0 Å². The number of benzene rings is 12. The molecule has 1 aromatic heterocycles. The van der Waals surface area contributed by atoms with Crippen molar-refractivity contribution in [2.45, 2.75) is 131 Å². The lowest BCUT2D eigenvalue weighted by Gasteiger charge is -2.46. The Morgan fingerprint density at radius 1 is 0.260 bits per heavy atom. The van der Waals surface area contributed by atoms with Crippen LogP contribution in [0.4, 0.5) is 34.1 Å². The van der Waals surface area contributed by atoms with Crippen LogP contribution in [0.5, 0.6) is 0 Å². The van der Waals surface area contributed by atoms with Gasteiger partial charge in [-0.25, -0.2) is 0 Å². The fraction of sp³-hybridized carbons (Fsp3) is 0.217. The highest BCUT2D eigenvalue weighted by Crippen LogP contribution is 2.56. The van der Waals surface area contributed by atoms with Crippen molar-refractivity contribution in [3.8, 4) is 61.3 Å². The Labute approximate surface area is 570 Å². The highest BCUT2D eigenvalue weighted by Gasteiger charge is 2.46. The fourth-order valence-electron chi connectivity index (χ4n) is 15.1. The minimum Gasteiger partial charge on any atom is -0.310 e. The van der Waals surface area contributed by atoms with Crippen molar-refractivity contribution < 1.29 is 0 Å². The molecule has 0 amide bonds. The number of rotatable bonds is 8. The molecule has 0 fully saturated rings. The molecular weight excluding hydrogens is 1160 g/mol. The van der Waals surface area contributed by atoms with Gasteiger partial charge in [0.05, 0.1) is 22.4 Å². The molecule has 96 heavy (non-hydrogen) atoms. The van der Waals surface area contributed by atoms with Gasteiger partial charge in [0, 0.05) is 55.9 Å². The van der Waals surface area contributed by atoms with Gasteiger partial charge in [-0.2, -0.15) is 0 Å². The molecule has 0 N–H and O–H groups in total. The van der Waals surface area contributed by atoms with E-state index in [1.54, 1.807) is 0 Å². The summed E-state index contributed by atoms with van der Waals surface area (Å²) in [4.78, 5) is 5.49. The molecule has 0 spiro atoms. The summed E-state index contributed by atoms with van der Waals surface area (Å²) in [6.45, 7) is 35.1. The van der Waals surface area contributed by atoms with Crippen LogP contribution in [0, 0.1) is 0 Å². The van der Waals surface area contributed by atoms with E-state index in [1.165, 1.54) is 139 Å². The van der Waals surface area contributed by atoms with E-state index in [9.17, 15) is 0 Å². The summed E-state index contributed by atoms with van der Waals surface area (Å²) in [5, 5.41) is 2.41. The highest BCUT2D eigenvalue weighted by atomic mass is 15.2. The quantitative estimate of drug-likeness (QED) is 0.141. The topological polar surface area (TPSA) is 11.4 Å². The van der Waals surface area contributed by atoms with Crippen molar-refractivity contribution in [1.29, 1.82) is 0 Å².